The van der Waals surface area contributed by atoms with Crippen molar-refractivity contribution in [1.82, 2.24) is 10.3 Å². The van der Waals surface area contributed by atoms with Gasteiger partial charge in [0.1, 0.15) is 5.15 Å². The SMILES string of the molecule is Cl.Clc1ncccc1[C@H]1CCCCN1. The fourth-order valence-electron chi connectivity index (χ4n) is 1.78. The van der Waals surface area contributed by atoms with Gasteiger partial charge in [-0.25, -0.2) is 4.98 Å². The van der Waals surface area contributed by atoms with E-state index in [0.717, 1.165) is 12.1 Å². The first-order chi connectivity index (χ1) is 6.38. The molecule has 2 rings (SSSR count). The molecule has 0 bridgehead atoms. The Labute approximate surface area is 95.5 Å². The van der Waals surface area contributed by atoms with Gasteiger partial charge in [0.2, 0.25) is 0 Å². The normalized spacial score (nSPS) is 21.4. The largest absolute Gasteiger partial charge is 0.310 e. The van der Waals surface area contributed by atoms with Crippen molar-refractivity contribution in [1.29, 1.82) is 0 Å². The molecule has 1 atom stereocenters. The predicted molar refractivity (Wildman–Crippen MR) is 61.1 cm³/mol. The number of hydrogen-bond acceptors (Lipinski definition) is 2. The second-order valence-corrected chi connectivity index (χ2v) is 3.74. The quantitative estimate of drug-likeness (QED) is 0.754. The standard InChI is InChI=1S/C10H13ClN2.ClH/c11-10-8(4-3-7-13-10)9-5-1-2-6-12-9;/h3-4,7,9,12H,1-2,5-6H2;1H/t9-;/m1./s1. The van der Waals surface area contributed by atoms with Crippen molar-refractivity contribution in [2.45, 2.75) is 25.3 Å². The summed E-state index contributed by atoms with van der Waals surface area (Å²) in [7, 11) is 0. The van der Waals surface area contributed by atoms with Crippen LogP contribution in [0.4, 0.5) is 0 Å². The Hall–Kier alpha value is -0.310. The number of aromatic nitrogens is 1. The maximum Gasteiger partial charge on any atom is 0.133 e. The zero-order valence-electron chi connectivity index (χ0n) is 7.87. The van der Waals surface area contributed by atoms with Gasteiger partial charge in [0, 0.05) is 17.8 Å². The third-order valence-corrected chi connectivity index (χ3v) is 2.79. The summed E-state index contributed by atoms with van der Waals surface area (Å²) in [5, 5.41) is 4.09. The van der Waals surface area contributed by atoms with Crippen LogP contribution in [0.2, 0.25) is 5.15 Å². The smallest absolute Gasteiger partial charge is 0.133 e. The van der Waals surface area contributed by atoms with E-state index >= 15 is 0 Å². The Morgan fingerprint density at radius 3 is 2.93 bits per heavy atom. The number of pyridine rings is 1. The van der Waals surface area contributed by atoms with E-state index in [-0.39, 0.29) is 12.4 Å². The monoisotopic (exact) mass is 232 g/mol. The van der Waals surface area contributed by atoms with Crippen LogP contribution >= 0.6 is 24.0 Å². The minimum Gasteiger partial charge on any atom is -0.310 e. The van der Waals surface area contributed by atoms with E-state index < -0.39 is 0 Å². The van der Waals surface area contributed by atoms with Crippen molar-refractivity contribution in [2.75, 3.05) is 6.54 Å². The molecule has 1 N–H and O–H groups in total. The molecule has 14 heavy (non-hydrogen) atoms. The van der Waals surface area contributed by atoms with Gasteiger partial charge in [-0.1, -0.05) is 24.1 Å². The van der Waals surface area contributed by atoms with Gasteiger partial charge < -0.3 is 5.32 Å². The first kappa shape index (κ1) is 11.8. The second-order valence-electron chi connectivity index (χ2n) is 3.39. The molecule has 1 aliphatic rings. The van der Waals surface area contributed by atoms with Crippen molar-refractivity contribution in [3.05, 3.63) is 29.0 Å². The number of halogens is 2. The van der Waals surface area contributed by atoms with Crippen LogP contribution in [0.3, 0.4) is 0 Å². The molecule has 0 aromatic carbocycles. The van der Waals surface area contributed by atoms with Gasteiger partial charge in [0.25, 0.3) is 0 Å². The number of rotatable bonds is 1. The predicted octanol–water partition coefficient (Wildman–Crippen LogP) is 2.97. The minimum atomic E-state index is 0. The fourth-order valence-corrected chi connectivity index (χ4v) is 2.03. The van der Waals surface area contributed by atoms with E-state index in [9.17, 15) is 0 Å². The molecular formula is C10H14Cl2N2. The lowest BCUT2D eigenvalue weighted by atomic mass is 9.99. The summed E-state index contributed by atoms with van der Waals surface area (Å²) >= 11 is 6.01. The number of nitrogens with one attached hydrogen (secondary N) is 1. The molecule has 4 heteroatoms. The van der Waals surface area contributed by atoms with E-state index in [4.69, 9.17) is 11.6 Å². The summed E-state index contributed by atoms with van der Waals surface area (Å²) in [6.07, 6.45) is 5.46. The van der Waals surface area contributed by atoms with Gasteiger partial charge in [0.05, 0.1) is 0 Å². The average molecular weight is 233 g/mol. The number of piperidine rings is 1. The molecule has 78 valence electrons. The second kappa shape index (κ2) is 5.54. The molecule has 1 fully saturated rings. The fraction of sp³-hybridized carbons (Fsp3) is 0.500. The first-order valence-electron chi connectivity index (χ1n) is 4.72. The van der Waals surface area contributed by atoms with Crippen LogP contribution in [0, 0.1) is 0 Å². The van der Waals surface area contributed by atoms with E-state index in [2.05, 4.69) is 16.4 Å². The van der Waals surface area contributed by atoms with E-state index in [1.165, 1.54) is 19.3 Å². The van der Waals surface area contributed by atoms with Crippen LogP contribution in [-0.2, 0) is 0 Å². The van der Waals surface area contributed by atoms with Crippen LogP contribution in [0.15, 0.2) is 18.3 Å². The molecule has 1 aliphatic heterocycles. The summed E-state index contributed by atoms with van der Waals surface area (Å²) in [4.78, 5) is 4.08. The molecule has 0 saturated carbocycles. The van der Waals surface area contributed by atoms with Crippen molar-refractivity contribution < 1.29 is 0 Å². The summed E-state index contributed by atoms with van der Waals surface area (Å²) in [5.41, 5.74) is 1.14. The number of nitrogens with zero attached hydrogens (tertiary/aromatic N) is 1. The molecule has 1 aromatic rings. The van der Waals surface area contributed by atoms with Crippen LogP contribution < -0.4 is 5.32 Å². The van der Waals surface area contributed by atoms with Crippen LogP contribution in [0.5, 0.6) is 0 Å². The van der Waals surface area contributed by atoms with Gasteiger partial charge in [0.15, 0.2) is 0 Å². The molecule has 0 unspecified atom stereocenters. The molecule has 0 spiro atoms. The maximum atomic E-state index is 6.01. The lowest BCUT2D eigenvalue weighted by Gasteiger charge is -2.23. The van der Waals surface area contributed by atoms with Gasteiger partial charge in [-0.3, -0.25) is 0 Å². The zero-order chi connectivity index (χ0) is 9.10. The third kappa shape index (κ3) is 2.59. The highest BCUT2D eigenvalue weighted by Gasteiger charge is 2.16. The van der Waals surface area contributed by atoms with Gasteiger partial charge in [-0.2, -0.15) is 0 Å². The first-order valence-corrected chi connectivity index (χ1v) is 5.09. The lowest BCUT2D eigenvalue weighted by molar-refractivity contribution is 0.412. The zero-order valence-corrected chi connectivity index (χ0v) is 9.44. The van der Waals surface area contributed by atoms with Crippen molar-refractivity contribution in [3.8, 4) is 0 Å². The minimum absolute atomic E-state index is 0. The average Bonchev–Trinajstić information content (AvgIpc) is 2.20. The van der Waals surface area contributed by atoms with Crippen molar-refractivity contribution in [2.24, 2.45) is 0 Å². The van der Waals surface area contributed by atoms with E-state index in [1.54, 1.807) is 6.20 Å². The highest BCUT2D eigenvalue weighted by molar-refractivity contribution is 6.30. The Morgan fingerprint density at radius 2 is 2.29 bits per heavy atom. The Balaban J connectivity index is 0.000000980. The molecule has 1 aromatic heterocycles. The maximum absolute atomic E-state index is 6.01. The molecule has 0 amide bonds. The van der Waals surface area contributed by atoms with Gasteiger partial charge in [-0.15, -0.1) is 12.4 Å². The summed E-state index contributed by atoms with van der Waals surface area (Å²) in [6, 6.07) is 4.41. The van der Waals surface area contributed by atoms with E-state index in [1.807, 2.05) is 6.07 Å². The van der Waals surface area contributed by atoms with Gasteiger partial charge in [-0.05, 0) is 25.5 Å². The van der Waals surface area contributed by atoms with Crippen LogP contribution in [0.1, 0.15) is 30.9 Å². The van der Waals surface area contributed by atoms with Crippen LogP contribution in [0.25, 0.3) is 0 Å². The molecule has 0 radical (unpaired) electrons. The summed E-state index contributed by atoms with van der Waals surface area (Å²) < 4.78 is 0. The van der Waals surface area contributed by atoms with E-state index in [0.29, 0.717) is 11.2 Å². The van der Waals surface area contributed by atoms with Crippen LogP contribution in [-0.4, -0.2) is 11.5 Å². The lowest BCUT2D eigenvalue weighted by Crippen LogP contribution is -2.27. The van der Waals surface area contributed by atoms with Gasteiger partial charge >= 0.3 is 0 Å². The third-order valence-electron chi connectivity index (χ3n) is 2.47. The Bertz CT molecular complexity index is 285. The van der Waals surface area contributed by atoms with Crippen molar-refractivity contribution >= 4 is 24.0 Å². The highest BCUT2D eigenvalue weighted by atomic mass is 35.5. The Morgan fingerprint density at radius 1 is 1.43 bits per heavy atom. The van der Waals surface area contributed by atoms with Crippen molar-refractivity contribution in [3.63, 3.8) is 0 Å². The summed E-state index contributed by atoms with van der Waals surface area (Å²) in [5.74, 6) is 0. The summed E-state index contributed by atoms with van der Waals surface area (Å²) in [6.45, 7) is 1.09. The molecular weight excluding hydrogens is 219 g/mol. The molecule has 2 heterocycles. The highest BCUT2D eigenvalue weighted by Crippen LogP contribution is 2.26. The Kier molecular flexibility index (Phi) is 4.66. The molecule has 0 aliphatic carbocycles. The molecule has 2 nitrogen and oxygen atoms in total. The number of hydrogen-bond donors (Lipinski definition) is 1. The topological polar surface area (TPSA) is 24.9 Å². The molecule has 1 saturated heterocycles.